The highest BCUT2D eigenvalue weighted by molar-refractivity contribution is 6.76. The van der Waals surface area contributed by atoms with E-state index in [2.05, 4.69) is 58.4 Å². The van der Waals surface area contributed by atoms with Gasteiger partial charge in [-0.15, -0.1) is 0 Å². The Labute approximate surface area is 106 Å². The average molecular weight is 260 g/mol. The van der Waals surface area contributed by atoms with Crippen molar-refractivity contribution < 1.29 is 0 Å². The van der Waals surface area contributed by atoms with Crippen LogP contribution in [0.25, 0.3) is 0 Å². The zero-order valence-electron chi connectivity index (χ0n) is 12.8. The van der Waals surface area contributed by atoms with Gasteiger partial charge < -0.3 is 4.57 Å². The fourth-order valence-corrected chi connectivity index (χ4v) is 7.49. The maximum Gasteiger partial charge on any atom is 0.109 e. The Kier molecular flexibility index (Phi) is 7.14. The highest BCUT2D eigenvalue weighted by atomic mass is 28.3. The fraction of sp³-hybridized carbons (Fsp3) is 1.00. The van der Waals surface area contributed by atoms with Crippen LogP contribution in [0.1, 0.15) is 34.1 Å². The molecule has 0 N–H and O–H groups in total. The van der Waals surface area contributed by atoms with Crippen molar-refractivity contribution in [1.82, 2.24) is 4.57 Å². The standard InChI is InChI=1S/C13H33NSi2/c1-12(2)14(13(3)4)15(5)10-9-11-16(6,7)8/h12-13,15H,9-11H2,1-8H3. The second kappa shape index (κ2) is 6.97. The van der Waals surface area contributed by atoms with Gasteiger partial charge in [0, 0.05) is 8.07 Å². The van der Waals surface area contributed by atoms with Gasteiger partial charge in [-0.3, -0.25) is 0 Å². The van der Waals surface area contributed by atoms with Crippen LogP contribution in [0.15, 0.2) is 0 Å². The van der Waals surface area contributed by atoms with Gasteiger partial charge in [-0.05, 0) is 18.1 Å². The molecule has 0 aromatic heterocycles. The summed E-state index contributed by atoms with van der Waals surface area (Å²) in [6.07, 6.45) is 1.47. The Balaban J connectivity index is 4.07. The van der Waals surface area contributed by atoms with E-state index in [1.54, 1.807) is 0 Å². The highest BCUT2D eigenvalue weighted by Gasteiger charge is 2.21. The second-order valence-electron chi connectivity index (χ2n) is 6.94. The van der Waals surface area contributed by atoms with E-state index < -0.39 is 17.0 Å². The summed E-state index contributed by atoms with van der Waals surface area (Å²) >= 11 is 0. The van der Waals surface area contributed by atoms with Gasteiger partial charge in [-0.2, -0.15) is 0 Å². The molecule has 0 spiro atoms. The van der Waals surface area contributed by atoms with Crippen LogP contribution in [0.4, 0.5) is 0 Å². The minimum Gasteiger partial charge on any atom is -0.322 e. The Morgan fingerprint density at radius 2 is 1.44 bits per heavy atom. The number of rotatable bonds is 7. The minimum absolute atomic E-state index is 0.667. The lowest BCUT2D eigenvalue weighted by molar-refractivity contribution is 0.303. The maximum absolute atomic E-state index is 2.78. The molecule has 1 nitrogen and oxygen atoms in total. The Bertz CT molecular complexity index is 177. The molecule has 0 radical (unpaired) electrons. The lowest BCUT2D eigenvalue weighted by Crippen LogP contribution is -2.46. The zero-order chi connectivity index (χ0) is 12.9. The largest absolute Gasteiger partial charge is 0.322 e. The van der Waals surface area contributed by atoms with E-state index in [9.17, 15) is 0 Å². The van der Waals surface area contributed by atoms with Crippen LogP contribution < -0.4 is 0 Å². The van der Waals surface area contributed by atoms with E-state index in [1.807, 2.05) is 0 Å². The van der Waals surface area contributed by atoms with Crippen molar-refractivity contribution in [3.05, 3.63) is 0 Å². The first-order chi connectivity index (χ1) is 7.15. The molecule has 0 saturated heterocycles. The molecule has 0 aliphatic heterocycles. The summed E-state index contributed by atoms with van der Waals surface area (Å²) in [7, 11) is -1.48. The molecule has 0 fully saturated rings. The summed E-state index contributed by atoms with van der Waals surface area (Å²) in [6.45, 7) is 19.4. The molecular weight excluding hydrogens is 226 g/mol. The molecule has 0 aromatic rings. The fourth-order valence-electron chi connectivity index (χ4n) is 2.69. The van der Waals surface area contributed by atoms with E-state index in [0.29, 0.717) is 0 Å². The monoisotopic (exact) mass is 259 g/mol. The third-order valence-electron chi connectivity index (χ3n) is 3.25. The summed E-state index contributed by atoms with van der Waals surface area (Å²) < 4.78 is 2.78. The topological polar surface area (TPSA) is 3.24 Å². The maximum atomic E-state index is 2.78. The van der Waals surface area contributed by atoms with Crippen LogP contribution >= 0.6 is 0 Å². The molecule has 0 aliphatic rings. The molecule has 3 heteroatoms. The van der Waals surface area contributed by atoms with Gasteiger partial charge in [0.15, 0.2) is 0 Å². The SMILES string of the molecule is CC(C)N(C(C)C)[SiH](C)CCC[Si](C)(C)C. The van der Waals surface area contributed by atoms with Gasteiger partial charge in [-0.1, -0.05) is 66.3 Å². The van der Waals surface area contributed by atoms with Crippen LogP contribution in [-0.2, 0) is 0 Å². The molecule has 98 valence electrons. The average Bonchev–Trinajstić information content (AvgIpc) is 1.99. The molecule has 0 aromatic carbocycles. The van der Waals surface area contributed by atoms with Crippen LogP contribution in [0.2, 0.25) is 38.3 Å². The third-order valence-corrected chi connectivity index (χ3v) is 8.56. The summed E-state index contributed by atoms with van der Waals surface area (Å²) in [5.74, 6) is 0. The quantitative estimate of drug-likeness (QED) is 0.620. The number of hydrogen-bond donors (Lipinski definition) is 0. The molecule has 0 amide bonds. The van der Waals surface area contributed by atoms with E-state index >= 15 is 0 Å². The van der Waals surface area contributed by atoms with Crippen molar-refractivity contribution >= 4 is 17.0 Å². The van der Waals surface area contributed by atoms with Crippen molar-refractivity contribution in [3.63, 3.8) is 0 Å². The predicted molar refractivity (Wildman–Crippen MR) is 82.7 cm³/mol. The number of hydrogen-bond acceptors (Lipinski definition) is 1. The predicted octanol–water partition coefficient (Wildman–Crippen LogP) is 4.19. The molecule has 0 saturated carbocycles. The minimum atomic E-state index is -0.810. The normalized spacial score (nSPS) is 15.2. The molecular formula is C13H33NSi2. The van der Waals surface area contributed by atoms with Crippen molar-refractivity contribution in [2.45, 2.75) is 84.5 Å². The van der Waals surface area contributed by atoms with Gasteiger partial charge in [-0.25, -0.2) is 0 Å². The van der Waals surface area contributed by atoms with E-state index in [-0.39, 0.29) is 0 Å². The van der Waals surface area contributed by atoms with Gasteiger partial charge >= 0.3 is 0 Å². The van der Waals surface area contributed by atoms with Crippen molar-refractivity contribution in [3.8, 4) is 0 Å². The van der Waals surface area contributed by atoms with Gasteiger partial charge in [0.1, 0.15) is 8.96 Å². The molecule has 1 atom stereocenters. The lowest BCUT2D eigenvalue weighted by Gasteiger charge is -2.36. The molecule has 0 bridgehead atoms. The summed E-state index contributed by atoms with van der Waals surface area (Å²) in [4.78, 5) is 0. The van der Waals surface area contributed by atoms with Crippen LogP contribution in [0.5, 0.6) is 0 Å². The van der Waals surface area contributed by atoms with Crippen molar-refractivity contribution in [2.24, 2.45) is 0 Å². The van der Waals surface area contributed by atoms with Crippen molar-refractivity contribution in [1.29, 1.82) is 0 Å². The molecule has 0 aliphatic carbocycles. The Hall–Kier alpha value is 0.394. The van der Waals surface area contributed by atoms with E-state index in [1.165, 1.54) is 18.5 Å². The lowest BCUT2D eigenvalue weighted by atomic mass is 10.3. The van der Waals surface area contributed by atoms with Gasteiger partial charge in [0.05, 0.1) is 0 Å². The summed E-state index contributed by atoms with van der Waals surface area (Å²) in [5, 5.41) is 0. The van der Waals surface area contributed by atoms with E-state index in [0.717, 1.165) is 12.1 Å². The molecule has 1 unspecified atom stereocenters. The first-order valence-electron chi connectivity index (χ1n) is 6.92. The summed E-state index contributed by atoms with van der Waals surface area (Å²) in [5.41, 5.74) is 0. The zero-order valence-corrected chi connectivity index (χ0v) is 15.0. The molecule has 16 heavy (non-hydrogen) atoms. The van der Waals surface area contributed by atoms with Crippen LogP contribution in [-0.4, -0.2) is 33.7 Å². The smallest absolute Gasteiger partial charge is 0.109 e. The molecule has 0 rings (SSSR count). The number of nitrogens with zero attached hydrogens (tertiary/aromatic N) is 1. The summed E-state index contributed by atoms with van der Waals surface area (Å²) in [6, 6.07) is 4.47. The highest BCUT2D eigenvalue weighted by Crippen LogP contribution is 2.18. The second-order valence-corrected chi connectivity index (χ2v) is 15.4. The van der Waals surface area contributed by atoms with E-state index in [4.69, 9.17) is 0 Å². The molecule has 0 heterocycles. The third kappa shape index (κ3) is 6.87. The van der Waals surface area contributed by atoms with Crippen LogP contribution in [0, 0.1) is 0 Å². The van der Waals surface area contributed by atoms with Gasteiger partial charge in [0.25, 0.3) is 0 Å². The first kappa shape index (κ1) is 16.4. The van der Waals surface area contributed by atoms with Crippen molar-refractivity contribution in [2.75, 3.05) is 0 Å². The van der Waals surface area contributed by atoms with Crippen LogP contribution in [0.3, 0.4) is 0 Å². The Morgan fingerprint density at radius 1 is 1.00 bits per heavy atom. The van der Waals surface area contributed by atoms with Gasteiger partial charge in [0.2, 0.25) is 0 Å². The first-order valence-corrected chi connectivity index (χ1v) is 13.1. The Morgan fingerprint density at radius 3 is 1.75 bits per heavy atom.